The molecule has 130 valence electrons. The minimum atomic E-state index is -0.450. The first-order chi connectivity index (χ1) is 12.1. The van der Waals surface area contributed by atoms with E-state index < -0.39 is 5.82 Å². The molecule has 25 heavy (non-hydrogen) atoms. The highest BCUT2D eigenvalue weighted by Gasteiger charge is 2.30. The van der Waals surface area contributed by atoms with Gasteiger partial charge in [-0.05, 0) is 42.5 Å². The number of nitrogens with zero attached hydrogens (tertiary/aromatic N) is 1. The van der Waals surface area contributed by atoms with Crippen LogP contribution in [-0.2, 0) is 4.79 Å². The Morgan fingerprint density at radius 2 is 2.04 bits per heavy atom. The van der Waals surface area contributed by atoms with Crippen LogP contribution < -0.4 is 15.0 Å². The van der Waals surface area contributed by atoms with Crippen LogP contribution in [0.25, 0.3) is 0 Å². The zero-order valence-corrected chi connectivity index (χ0v) is 13.9. The lowest BCUT2D eigenvalue weighted by Crippen LogP contribution is -2.31. The average Bonchev–Trinajstić information content (AvgIpc) is 3.00. The maximum atomic E-state index is 13.2. The van der Waals surface area contributed by atoms with E-state index in [2.05, 4.69) is 5.32 Å². The average molecular weight is 342 g/mol. The maximum Gasteiger partial charge on any atom is 0.251 e. The van der Waals surface area contributed by atoms with Gasteiger partial charge in [0.1, 0.15) is 11.6 Å². The van der Waals surface area contributed by atoms with Gasteiger partial charge < -0.3 is 15.0 Å². The van der Waals surface area contributed by atoms with E-state index in [0.717, 1.165) is 11.4 Å². The second-order valence-electron chi connectivity index (χ2n) is 5.99. The monoisotopic (exact) mass is 342 g/mol. The van der Waals surface area contributed by atoms with Crippen LogP contribution in [0.4, 0.5) is 10.1 Å². The van der Waals surface area contributed by atoms with Crippen molar-refractivity contribution in [2.75, 3.05) is 25.1 Å². The summed E-state index contributed by atoms with van der Waals surface area (Å²) >= 11 is 0. The molecule has 1 aliphatic heterocycles. The van der Waals surface area contributed by atoms with E-state index in [1.165, 1.54) is 18.2 Å². The molecule has 2 aromatic rings. The largest absolute Gasteiger partial charge is 0.497 e. The van der Waals surface area contributed by atoms with E-state index in [-0.39, 0.29) is 23.3 Å². The van der Waals surface area contributed by atoms with E-state index in [4.69, 9.17) is 4.74 Å². The fourth-order valence-electron chi connectivity index (χ4n) is 2.90. The van der Waals surface area contributed by atoms with Crippen molar-refractivity contribution in [3.05, 3.63) is 59.9 Å². The summed E-state index contributed by atoms with van der Waals surface area (Å²) in [4.78, 5) is 26.0. The fraction of sp³-hybridized carbons (Fsp3) is 0.263. The number of hydrogen-bond donors (Lipinski definition) is 1. The van der Waals surface area contributed by atoms with Crippen LogP contribution in [0.15, 0.2) is 48.5 Å². The number of anilines is 1. The summed E-state index contributed by atoms with van der Waals surface area (Å²) in [7, 11) is 1.59. The predicted octanol–water partition coefficient (Wildman–Crippen LogP) is 2.62. The van der Waals surface area contributed by atoms with Crippen LogP contribution in [0, 0.1) is 11.7 Å². The first kappa shape index (κ1) is 17.0. The third-order valence-electron chi connectivity index (χ3n) is 4.23. The molecule has 1 N–H and O–H groups in total. The lowest BCUT2D eigenvalue weighted by Gasteiger charge is -2.17. The SMILES string of the molecule is COc1ccc(N2CC(CNC(=O)c3cccc(F)c3)CC2=O)cc1. The number of carbonyl (C=O) groups is 2. The number of halogens is 1. The summed E-state index contributed by atoms with van der Waals surface area (Å²) < 4.78 is 18.3. The highest BCUT2D eigenvalue weighted by molar-refractivity contribution is 5.96. The number of nitrogens with one attached hydrogen (secondary N) is 1. The van der Waals surface area contributed by atoms with Gasteiger partial charge in [0.05, 0.1) is 7.11 Å². The zero-order chi connectivity index (χ0) is 17.8. The molecule has 3 rings (SSSR count). The Kier molecular flexibility index (Phi) is 4.97. The number of methoxy groups -OCH3 is 1. The molecule has 1 heterocycles. The molecule has 0 bridgehead atoms. The van der Waals surface area contributed by atoms with Crippen molar-refractivity contribution in [2.24, 2.45) is 5.92 Å². The van der Waals surface area contributed by atoms with Gasteiger partial charge in [-0.25, -0.2) is 4.39 Å². The van der Waals surface area contributed by atoms with Crippen LogP contribution in [0.1, 0.15) is 16.8 Å². The molecule has 6 heteroatoms. The summed E-state index contributed by atoms with van der Waals surface area (Å²) in [5, 5.41) is 2.77. The Hall–Kier alpha value is -2.89. The maximum absolute atomic E-state index is 13.2. The van der Waals surface area contributed by atoms with Crippen molar-refractivity contribution in [1.29, 1.82) is 0 Å². The van der Waals surface area contributed by atoms with Crippen molar-refractivity contribution in [3.8, 4) is 5.75 Å². The number of ether oxygens (including phenoxy) is 1. The molecule has 2 amide bonds. The van der Waals surface area contributed by atoms with Gasteiger partial charge in [-0.1, -0.05) is 6.07 Å². The van der Waals surface area contributed by atoms with Crippen molar-refractivity contribution < 1.29 is 18.7 Å². The molecular weight excluding hydrogens is 323 g/mol. The summed E-state index contributed by atoms with van der Waals surface area (Å²) in [5.41, 5.74) is 1.08. The highest BCUT2D eigenvalue weighted by Crippen LogP contribution is 2.26. The molecule has 0 radical (unpaired) electrons. The smallest absolute Gasteiger partial charge is 0.251 e. The molecule has 0 aromatic heterocycles. The van der Waals surface area contributed by atoms with Crippen LogP contribution in [-0.4, -0.2) is 32.0 Å². The molecule has 2 aromatic carbocycles. The van der Waals surface area contributed by atoms with E-state index >= 15 is 0 Å². The molecule has 1 aliphatic rings. The van der Waals surface area contributed by atoms with Gasteiger partial charge in [-0.15, -0.1) is 0 Å². The Balaban J connectivity index is 1.58. The van der Waals surface area contributed by atoms with Gasteiger partial charge in [0.15, 0.2) is 0 Å². The quantitative estimate of drug-likeness (QED) is 0.909. The lowest BCUT2D eigenvalue weighted by atomic mass is 10.1. The van der Waals surface area contributed by atoms with E-state index in [1.54, 1.807) is 18.1 Å². The molecule has 0 spiro atoms. The molecule has 1 fully saturated rings. The Labute approximate surface area is 145 Å². The Morgan fingerprint density at radius 1 is 1.28 bits per heavy atom. The first-order valence-electron chi connectivity index (χ1n) is 8.05. The number of carbonyl (C=O) groups excluding carboxylic acids is 2. The predicted molar refractivity (Wildman–Crippen MR) is 92.2 cm³/mol. The van der Waals surface area contributed by atoms with Gasteiger partial charge in [0.25, 0.3) is 5.91 Å². The van der Waals surface area contributed by atoms with E-state index in [1.807, 2.05) is 24.3 Å². The van der Waals surface area contributed by atoms with Crippen molar-refractivity contribution >= 4 is 17.5 Å². The van der Waals surface area contributed by atoms with Crippen LogP contribution in [0.2, 0.25) is 0 Å². The number of amides is 2. The van der Waals surface area contributed by atoms with Gasteiger partial charge in [-0.3, -0.25) is 9.59 Å². The third-order valence-corrected chi connectivity index (χ3v) is 4.23. The van der Waals surface area contributed by atoms with Gasteiger partial charge in [-0.2, -0.15) is 0 Å². The summed E-state index contributed by atoms with van der Waals surface area (Å²) in [6, 6.07) is 12.8. The first-order valence-corrected chi connectivity index (χ1v) is 8.05. The molecule has 1 unspecified atom stereocenters. The minimum Gasteiger partial charge on any atom is -0.497 e. The third kappa shape index (κ3) is 3.96. The van der Waals surface area contributed by atoms with Gasteiger partial charge in [0.2, 0.25) is 5.91 Å². The topological polar surface area (TPSA) is 58.6 Å². The van der Waals surface area contributed by atoms with Crippen LogP contribution in [0.5, 0.6) is 5.75 Å². The molecule has 1 atom stereocenters. The molecule has 5 nitrogen and oxygen atoms in total. The molecule has 0 aliphatic carbocycles. The fourth-order valence-corrected chi connectivity index (χ4v) is 2.90. The summed E-state index contributed by atoms with van der Waals surface area (Å²) in [5.74, 6) is -0.0131. The number of hydrogen-bond acceptors (Lipinski definition) is 3. The molecular formula is C19H19FN2O3. The molecule has 1 saturated heterocycles. The molecule has 0 saturated carbocycles. The Bertz CT molecular complexity index is 776. The van der Waals surface area contributed by atoms with Gasteiger partial charge >= 0.3 is 0 Å². The van der Waals surface area contributed by atoms with Gasteiger partial charge in [0, 0.05) is 36.7 Å². The van der Waals surface area contributed by atoms with Crippen molar-refractivity contribution in [2.45, 2.75) is 6.42 Å². The summed E-state index contributed by atoms with van der Waals surface area (Å²) in [6.45, 7) is 0.905. The summed E-state index contributed by atoms with van der Waals surface area (Å²) in [6.07, 6.45) is 0.370. The number of benzene rings is 2. The minimum absolute atomic E-state index is 0.0205. The van der Waals surface area contributed by atoms with Crippen LogP contribution in [0.3, 0.4) is 0 Å². The standard InChI is InChI=1S/C19H19FN2O3/c1-25-17-7-5-16(6-8-17)22-12-13(9-18(22)23)11-21-19(24)14-3-2-4-15(20)10-14/h2-8,10,13H,9,11-12H2,1H3,(H,21,24). The van der Waals surface area contributed by atoms with E-state index in [0.29, 0.717) is 19.5 Å². The van der Waals surface area contributed by atoms with E-state index in [9.17, 15) is 14.0 Å². The second-order valence-corrected chi connectivity index (χ2v) is 5.99. The Morgan fingerprint density at radius 3 is 2.72 bits per heavy atom. The zero-order valence-electron chi connectivity index (χ0n) is 13.9. The normalized spacial score (nSPS) is 16.8. The van der Waals surface area contributed by atoms with Crippen molar-refractivity contribution in [1.82, 2.24) is 5.32 Å². The second kappa shape index (κ2) is 7.34. The number of rotatable bonds is 5. The lowest BCUT2D eigenvalue weighted by molar-refractivity contribution is -0.117. The van der Waals surface area contributed by atoms with Crippen molar-refractivity contribution in [3.63, 3.8) is 0 Å². The van der Waals surface area contributed by atoms with Crippen LogP contribution >= 0.6 is 0 Å². The highest BCUT2D eigenvalue weighted by atomic mass is 19.1.